The van der Waals surface area contributed by atoms with Crippen LogP contribution in [0.1, 0.15) is 5.56 Å². The van der Waals surface area contributed by atoms with Crippen molar-refractivity contribution in [1.82, 2.24) is 25.1 Å². The van der Waals surface area contributed by atoms with Crippen LogP contribution in [0.3, 0.4) is 0 Å². The molecule has 130 valence electrons. The van der Waals surface area contributed by atoms with E-state index in [1.165, 1.54) is 4.68 Å². The zero-order chi connectivity index (χ0) is 18.1. The molecule has 0 aliphatic carbocycles. The van der Waals surface area contributed by atoms with Crippen LogP contribution >= 0.6 is 0 Å². The van der Waals surface area contributed by atoms with Gasteiger partial charge in [-0.2, -0.15) is 9.67 Å². The molecule has 4 aromatic rings. The number of anilines is 1. The number of nitrogen functional groups attached to an aromatic ring is 1. The molecule has 8 heteroatoms. The lowest BCUT2D eigenvalue weighted by Crippen LogP contribution is -2.02. The molecule has 0 saturated carbocycles. The van der Waals surface area contributed by atoms with Crippen LogP contribution in [0.15, 0.2) is 53.1 Å². The largest absolute Gasteiger partial charge is 0.497 e. The Hall–Kier alpha value is -3.68. The molecule has 0 atom stereocenters. The number of nitrogens with zero attached hydrogens (tertiary/aromatic N) is 5. The average Bonchev–Trinajstić information content (AvgIpc) is 3.29. The third-order valence-electron chi connectivity index (χ3n) is 3.96. The number of aryl methyl sites for hydroxylation is 1. The second-order valence-corrected chi connectivity index (χ2v) is 5.72. The van der Waals surface area contributed by atoms with E-state index in [2.05, 4.69) is 20.5 Å². The van der Waals surface area contributed by atoms with E-state index < -0.39 is 0 Å². The molecule has 0 saturated heterocycles. The molecule has 0 radical (unpaired) electrons. The van der Waals surface area contributed by atoms with Crippen molar-refractivity contribution in [1.29, 1.82) is 0 Å². The van der Waals surface area contributed by atoms with E-state index in [4.69, 9.17) is 15.0 Å². The van der Waals surface area contributed by atoms with Gasteiger partial charge in [0.1, 0.15) is 5.75 Å². The number of ether oxygens (including phenoxy) is 1. The summed E-state index contributed by atoms with van der Waals surface area (Å²) in [6.07, 6.45) is 0. The maximum atomic E-state index is 6.18. The van der Waals surface area contributed by atoms with E-state index in [1.54, 1.807) is 7.11 Å². The van der Waals surface area contributed by atoms with Crippen LogP contribution in [0.25, 0.3) is 28.7 Å². The SMILES string of the molecule is COc1ccc(-n2nnc(-c3nc(-c4ccc(C)cc4)no3)c2N)cc1. The summed E-state index contributed by atoms with van der Waals surface area (Å²) in [6.45, 7) is 2.02. The van der Waals surface area contributed by atoms with Gasteiger partial charge in [-0.25, -0.2) is 0 Å². The van der Waals surface area contributed by atoms with Gasteiger partial charge in [0, 0.05) is 5.56 Å². The lowest BCUT2D eigenvalue weighted by atomic mass is 10.1. The van der Waals surface area contributed by atoms with Crippen molar-refractivity contribution < 1.29 is 9.26 Å². The summed E-state index contributed by atoms with van der Waals surface area (Å²) in [6, 6.07) is 15.1. The molecular formula is C18H16N6O2. The number of hydrogen-bond donors (Lipinski definition) is 1. The van der Waals surface area contributed by atoms with Crippen molar-refractivity contribution >= 4 is 5.82 Å². The Labute approximate surface area is 149 Å². The molecular weight excluding hydrogens is 332 g/mol. The van der Waals surface area contributed by atoms with Crippen LogP contribution in [0, 0.1) is 6.92 Å². The maximum absolute atomic E-state index is 6.18. The quantitative estimate of drug-likeness (QED) is 0.604. The molecule has 0 aliphatic heterocycles. The highest BCUT2D eigenvalue weighted by molar-refractivity contribution is 5.66. The van der Waals surface area contributed by atoms with Crippen molar-refractivity contribution in [2.45, 2.75) is 6.92 Å². The molecule has 0 aliphatic rings. The van der Waals surface area contributed by atoms with E-state index in [1.807, 2.05) is 55.5 Å². The van der Waals surface area contributed by atoms with Crippen LogP contribution in [0.4, 0.5) is 5.82 Å². The fraction of sp³-hybridized carbons (Fsp3) is 0.111. The van der Waals surface area contributed by atoms with Gasteiger partial charge in [0.25, 0.3) is 5.89 Å². The minimum absolute atomic E-state index is 0.220. The van der Waals surface area contributed by atoms with Gasteiger partial charge in [0.05, 0.1) is 12.8 Å². The van der Waals surface area contributed by atoms with Gasteiger partial charge in [-0.05, 0) is 31.2 Å². The molecule has 2 N–H and O–H groups in total. The predicted molar refractivity (Wildman–Crippen MR) is 95.8 cm³/mol. The Morgan fingerprint density at radius 3 is 2.46 bits per heavy atom. The van der Waals surface area contributed by atoms with Crippen LogP contribution in [-0.2, 0) is 0 Å². The van der Waals surface area contributed by atoms with Crippen LogP contribution in [0.2, 0.25) is 0 Å². The maximum Gasteiger partial charge on any atom is 0.282 e. The first-order valence-corrected chi connectivity index (χ1v) is 7.92. The summed E-state index contributed by atoms with van der Waals surface area (Å²) in [5.41, 5.74) is 9.28. The summed E-state index contributed by atoms with van der Waals surface area (Å²) in [7, 11) is 1.61. The van der Waals surface area contributed by atoms with Crippen LogP contribution in [0.5, 0.6) is 5.75 Å². The second kappa shape index (κ2) is 6.32. The van der Waals surface area contributed by atoms with E-state index in [0.29, 0.717) is 17.3 Å². The number of benzene rings is 2. The van der Waals surface area contributed by atoms with Gasteiger partial charge in [-0.15, -0.1) is 5.10 Å². The average molecular weight is 348 g/mol. The standard InChI is InChI=1S/C18H16N6O2/c1-11-3-5-12(6-4-11)17-20-18(26-22-17)15-16(19)24(23-21-15)13-7-9-14(25-2)10-8-13/h3-10H,19H2,1-2H3. The van der Waals surface area contributed by atoms with E-state index in [9.17, 15) is 0 Å². The second-order valence-electron chi connectivity index (χ2n) is 5.72. The topological polar surface area (TPSA) is 105 Å². The number of rotatable bonds is 4. The Balaban J connectivity index is 1.67. The number of nitrogens with two attached hydrogens (primary N) is 1. The van der Waals surface area contributed by atoms with Gasteiger partial charge in [-0.1, -0.05) is 40.2 Å². The van der Waals surface area contributed by atoms with Crippen molar-refractivity contribution in [3.05, 3.63) is 54.1 Å². The molecule has 0 unspecified atom stereocenters. The van der Waals surface area contributed by atoms with E-state index in [0.717, 1.165) is 22.6 Å². The lowest BCUT2D eigenvalue weighted by molar-refractivity contribution is 0.414. The molecule has 2 aromatic heterocycles. The first kappa shape index (κ1) is 15.8. The molecule has 2 heterocycles. The summed E-state index contributed by atoms with van der Waals surface area (Å²) in [5.74, 6) is 1.75. The van der Waals surface area contributed by atoms with E-state index >= 15 is 0 Å². The molecule has 0 amide bonds. The summed E-state index contributed by atoms with van der Waals surface area (Å²) in [5, 5.41) is 12.2. The molecule has 0 bridgehead atoms. The number of aromatic nitrogens is 5. The molecule has 2 aromatic carbocycles. The van der Waals surface area contributed by atoms with Gasteiger partial charge in [-0.3, -0.25) is 0 Å². The summed E-state index contributed by atoms with van der Waals surface area (Å²) >= 11 is 0. The highest BCUT2D eigenvalue weighted by atomic mass is 16.5. The highest BCUT2D eigenvalue weighted by Gasteiger charge is 2.19. The van der Waals surface area contributed by atoms with Crippen molar-refractivity contribution in [2.24, 2.45) is 0 Å². The molecule has 8 nitrogen and oxygen atoms in total. The minimum Gasteiger partial charge on any atom is -0.497 e. The molecule has 26 heavy (non-hydrogen) atoms. The zero-order valence-electron chi connectivity index (χ0n) is 14.2. The van der Waals surface area contributed by atoms with Gasteiger partial charge >= 0.3 is 0 Å². The lowest BCUT2D eigenvalue weighted by Gasteiger charge is -2.04. The molecule has 4 rings (SSSR count). The fourth-order valence-electron chi connectivity index (χ4n) is 2.50. The Morgan fingerprint density at radius 1 is 1.04 bits per heavy atom. The van der Waals surface area contributed by atoms with Crippen molar-refractivity contribution in [3.8, 4) is 34.4 Å². The highest BCUT2D eigenvalue weighted by Crippen LogP contribution is 2.27. The Bertz CT molecular complexity index is 1030. The van der Waals surface area contributed by atoms with Crippen LogP contribution in [-0.4, -0.2) is 32.2 Å². The van der Waals surface area contributed by atoms with Gasteiger partial charge in [0.2, 0.25) is 5.82 Å². The number of hydrogen-bond acceptors (Lipinski definition) is 7. The third kappa shape index (κ3) is 2.77. The van der Waals surface area contributed by atoms with Crippen molar-refractivity contribution in [2.75, 3.05) is 12.8 Å². The monoisotopic (exact) mass is 348 g/mol. The predicted octanol–water partition coefficient (Wildman–Crippen LogP) is 2.88. The normalized spacial score (nSPS) is 10.8. The van der Waals surface area contributed by atoms with Crippen molar-refractivity contribution in [3.63, 3.8) is 0 Å². The first-order valence-electron chi connectivity index (χ1n) is 7.92. The van der Waals surface area contributed by atoms with E-state index in [-0.39, 0.29) is 5.89 Å². The Kier molecular flexibility index (Phi) is 3.85. The van der Waals surface area contributed by atoms with Gasteiger partial charge in [0.15, 0.2) is 11.5 Å². The first-order chi connectivity index (χ1) is 12.7. The molecule has 0 spiro atoms. The minimum atomic E-state index is 0.220. The molecule has 0 fully saturated rings. The smallest absolute Gasteiger partial charge is 0.282 e. The summed E-state index contributed by atoms with van der Waals surface area (Å²) in [4.78, 5) is 4.38. The van der Waals surface area contributed by atoms with Crippen LogP contribution < -0.4 is 10.5 Å². The zero-order valence-corrected chi connectivity index (χ0v) is 14.2. The fourth-order valence-corrected chi connectivity index (χ4v) is 2.50. The van der Waals surface area contributed by atoms with Gasteiger partial charge < -0.3 is 15.0 Å². The number of methoxy groups -OCH3 is 1. The Morgan fingerprint density at radius 2 is 1.77 bits per heavy atom. The summed E-state index contributed by atoms with van der Waals surface area (Å²) < 4.78 is 12.0. The third-order valence-corrected chi connectivity index (χ3v) is 3.96.